The van der Waals surface area contributed by atoms with Gasteiger partial charge >= 0.3 is 0 Å². The minimum atomic E-state index is -2.41. The van der Waals surface area contributed by atoms with Gasteiger partial charge in [-0.05, 0) is 17.7 Å². The second kappa shape index (κ2) is 5.55. The van der Waals surface area contributed by atoms with E-state index in [9.17, 15) is 13.2 Å². The molecule has 2 aromatic rings. The van der Waals surface area contributed by atoms with Crippen LogP contribution >= 0.6 is 0 Å². The van der Waals surface area contributed by atoms with E-state index in [1.54, 1.807) is 42.5 Å². The predicted molar refractivity (Wildman–Crippen MR) is 69.1 cm³/mol. The molecule has 0 fully saturated rings. The number of carbonyl (C=O) groups is 1. The van der Waals surface area contributed by atoms with Gasteiger partial charge < -0.3 is 0 Å². The molecule has 0 spiro atoms. The van der Waals surface area contributed by atoms with Gasteiger partial charge in [0.25, 0.3) is 0 Å². The summed E-state index contributed by atoms with van der Waals surface area (Å²) in [6.45, 7) is 0. The van der Waals surface area contributed by atoms with E-state index in [1.165, 1.54) is 0 Å². The van der Waals surface area contributed by atoms with Gasteiger partial charge in [-0.1, -0.05) is 30.3 Å². The first-order valence-corrected chi connectivity index (χ1v) is 6.68. The number of aromatic nitrogens is 1. The molecule has 0 saturated carbocycles. The highest BCUT2D eigenvalue weighted by atomic mass is 32.2. The third kappa shape index (κ3) is 3.01. The Balaban J connectivity index is 2.30. The standard InChI is InChI=1S/C13H11NO3S/c15-8-12-2-1-3-13(14-12)11-6-4-10(5-7-11)9-18(16)17/h1-8,18H,9H2. The van der Waals surface area contributed by atoms with Crippen molar-refractivity contribution in [3.05, 3.63) is 53.7 Å². The van der Waals surface area contributed by atoms with E-state index < -0.39 is 10.7 Å². The molecule has 0 N–H and O–H groups in total. The largest absolute Gasteiger partial charge is 0.296 e. The summed E-state index contributed by atoms with van der Waals surface area (Å²) in [5, 5.41) is 0. The van der Waals surface area contributed by atoms with E-state index in [0.29, 0.717) is 17.7 Å². The van der Waals surface area contributed by atoms with E-state index >= 15 is 0 Å². The Kier molecular flexibility index (Phi) is 3.84. The maximum atomic E-state index is 10.6. The normalized spacial score (nSPS) is 10.5. The zero-order chi connectivity index (χ0) is 13.0. The molecule has 5 heteroatoms. The van der Waals surface area contributed by atoms with E-state index in [4.69, 9.17) is 0 Å². The van der Waals surface area contributed by atoms with Crippen LogP contribution in [0.3, 0.4) is 0 Å². The van der Waals surface area contributed by atoms with Crippen LogP contribution in [0.4, 0.5) is 0 Å². The minimum Gasteiger partial charge on any atom is -0.296 e. The summed E-state index contributed by atoms with van der Waals surface area (Å²) in [7, 11) is -2.41. The van der Waals surface area contributed by atoms with Crippen LogP contribution in [0.15, 0.2) is 42.5 Å². The summed E-state index contributed by atoms with van der Waals surface area (Å²) < 4.78 is 21.2. The van der Waals surface area contributed by atoms with Gasteiger partial charge in [-0.15, -0.1) is 0 Å². The Morgan fingerprint density at radius 1 is 1.06 bits per heavy atom. The summed E-state index contributed by atoms with van der Waals surface area (Å²) in [5.41, 5.74) is 2.65. The van der Waals surface area contributed by atoms with Gasteiger partial charge in [-0.2, -0.15) is 0 Å². The monoisotopic (exact) mass is 261 g/mol. The molecule has 0 radical (unpaired) electrons. The highest BCUT2D eigenvalue weighted by molar-refractivity contribution is 7.71. The molecule has 18 heavy (non-hydrogen) atoms. The first-order chi connectivity index (χ1) is 8.69. The number of nitrogens with zero attached hydrogens (tertiary/aromatic N) is 1. The lowest BCUT2D eigenvalue weighted by molar-refractivity contribution is 0.111. The van der Waals surface area contributed by atoms with Crippen LogP contribution in [0.25, 0.3) is 11.3 Å². The summed E-state index contributed by atoms with van der Waals surface area (Å²) in [5.74, 6) is 0.0391. The van der Waals surface area contributed by atoms with Crippen molar-refractivity contribution in [2.45, 2.75) is 5.75 Å². The summed E-state index contributed by atoms with van der Waals surface area (Å²) >= 11 is 0. The molecule has 1 heterocycles. The number of hydrogen-bond acceptors (Lipinski definition) is 4. The van der Waals surface area contributed by atoms with Gasteiger partial charge in [0.1, 0.15) is 16.4 Å². The number of aldehydes is 1. The van der Waals surface area contributed by atoms with Crippen molar-refractivity contribution in [1.29, 1.82) is 0 Å². The Bertz CT molecular complexity index is 625. The van der Waals surface area contributed by atoms with E-state index in [0.717, 1.165) is 11.1 Å². The fraction of sp³-hybridized carbons (Fsp3) is 0.0769. The van der Waals surface area contributed by atoms with Crippen molar-refractivity contribution < 1.29 is 13.2 Å². The molecule has 0 aliphatic rings. The zero-order valence-electron chi connectivity index (χ0n) is 9.45. The molecule has 0 aliphatic carbocycles. The SMILES string of the molecule is O=Cc1cccc(-c2ccc(C[SH](=O)=O)cc2)n1. The molecular weight excluding hydrogens is 250 g/mol. The van der Waals surface area contributed by atoms with Gasteiger partial charge in [0, 0.05) is 5.56 Å². The molecule has 0 atom stereocenters. The van der Waals surface area contributed by atoms with Gasteiger partial charge in [0.15, 0.2) is 6.29 Å². The molecule has 0 amide bonds. The van der Waals surface area contributed by atoms with Crippen molar-refractivity contribution in [3.8, 4) is 11.3 Å². The average molecular weight is 261 g/mol. The van der Waals surface area contributed by atoms with E-state index in [2.05, 4.69) is 4.98 Å². The van der Waals surface area contributed by atoms with Crippen LogP contribution in [0, 0.1) is 0 Å². The number of hydrogen-bond donors (Lipinski definition) is 1. The zero-order valence-corrected chi connectivity index (χ0v) is 10.3. The third-order valence-corrected chi connectivity index (χ3v) is 3.08. The van der Waals surface area contributed by atoms with Gasteiger partial charge in [-0.25, -0.2) is 13.4 Å². The highest BCUT2D eigenvalue weighted by Gasteiger charge is 2.01. The van der Waals surface area contributed by atoms with Crippen LogP contribution in [-0.4, -0.2) is 19.7 Å². The summed E-state index contributed by atoms with van der Waals surface area (Å²) in [4.78, 5) is 14.8. The fourth-order valence-corrected chi connectivity index (χ4v) is 2.12. The topological polar surface area (TPSA) is 64.1 Å². The number of benzene rings is 1. The van der Waals surface area contributed by atoms with Crippen molar-refractivity contribution in [3.63, 3.8) is 0 Å². The fourth-order valence-electron chi connectivity index (χ4n) is 1.61. The molecule has 2 rings (SSSR count). The van der Waals surface area contributed by atoms with Gasteiger partial charge in [0.2, 0.25) is 0 Å². The average Bonchev–Trinajstić information content (AvgIpc) is 2.39. The molecule has 1 aromatic carbocycles. The quantitative estimate of drug-likeness (QED) is 0.671. The van der Waals surface area contributed by atoms with Gasteiger partial charge in [0.05, 0.1) is 11.4 Å². The molecular formula is C13H11NO3S. The van der Waals surface area contributed by atoms with E-state index in [1.807, 2.05) is 0 Å². The molecule has 0 aliphatic heterocycles. The molecule has 92 valence electrons. The third-order valence-electron chi connectivity index (χ3n) is 2.45. The lowest BCUT2D eigenvalue weighted by atomic mass is 10.1. The van der Waals surface area contributed by atoms with Crippen molar-refractivity contribution in [2.24, 2.45) is 0 Å². The molecule has 0 bridgehead atoms. The highest BCUT2D eigenvalue weighted by Crippen LogP contribution is 2.17. The first kappa shape index (κ1) is 12.4. The van der Waals surface area contributed by atoms with Crippen molar-refractivity contribution >= 4 is 17.0 Å². The van der Waals surface area contributed by atoms with Crippen LogP contribution in [-0.2, 0) is 16.5 Å². The van der Waals surface area contributed by atoms with Crippen molar-refractivity contribution in [1.82, 2.24) is 4.98 Å². The Labute approximate surface area is 106 Å². The molecule has 0 saturated heterocycles. The number of pyridine rings is 1. The van der Waals surface area contributed by atoms with Crippen LogP contribution in [0.5, 0.6) is 0 Å². The lowest BCUT2D eigenvalue weighted by Crippen LogP contribution is -1.91. The summed E-state index contributed by atoms with van der Waals surface area (Å²) in [6.07, 6.45) is 0.694. The van der Waals surface area contributed by atoms with Gasteiger partial charge in [-0.3, -0.25) is 4.79 Å². The Morgan fingerprint density at radius 3 is 2.39 bits per heavy atom. The van der Waals surface area contributed by atoms with Crippen molar-refractivity contribution in [2.75, 3.05) is 0 Å². The van der Waals surface area contributed by atoms with Crippen LogP contribution in [0.2, 0.25) is 0 Å². The summed E-state index contributed by atoms with van der Waals surface area (Å²) in [6, 6.07) is 12.3. The number of rotatable bonds is 4. The number of carbonyl (C=O) groups excluding carboxylic acids is 1. The number of thiol groups is 1. The Morgan fingerprint density at radius 2 is 1.78 bits per heavy atom. The molecule has 1 aromatic heterocycles. The first-order valence-electron chi connectivity index (χ1n) is 5.32. The molecule has 4 nitrogen and oxygen atoms in total. The Hall–Kier alpha value is -2.01. The lowest BCUT2D eigenvalue weighted by Gasteiger charge is -2.02. The van der Waals surface area contributed by atoms with E-state index in [-0.39, 0.29) is 5.75 Å². The molecule has 0 unspecified atom stereocenters. The van der Waals surface area contributed by atoms with Crippen LogP contribution in [0.1, 0.15) is 16.1 Å². The second-order valence-electron chi connectivity index (χ2n) is 3.75. The smallest absolute Gasteiger partial charge is 0.168 e. The minimum absolute atomic E-state index is 0.0391. The maximum absolute atomic E-state index is 10.6. The van der Waals surface area contributed by atoms with Crippen LogP contribution < -0.4 is 0 Å². The maximum Gasteiger partial charge on any atom is 0.168 e. The predicted octanol–water partition coefficient (Wildman–Crippen LogP) is 1.67. The second-order valence-corrected chi connectivity index (χ2v) is 4.74.